The number of amides is 2. The molecule has 0 saturated carbocycles. The van der Waals surface area contributed by atoms with Crippen LogP contribution in [0.3, 0.4) is 0 Å². The highest BCUT2D eigenvalue weighted by Crippen LogP contribution is 2.20. The Bertz CT molecular complexity index is 1290. The van der Waals surface area contributed by atoms with E-state index < -0.39 is 35.7 Å². The van der Waals surface area contributed by atoms with E-state index in [4.69, 9.17) is 5.11 Å². The number of carboxylic acids is 2. The zero-order valence-electron chi connectivity index (χ0n) is 21.6. The van der Waals surface area contributed by atoms with Crippen LogP contribution in [0.15, 0.2) is 66.7 Å². The molecule has 3 rings (SSSR count). The average molecular weight is 519 g/mol. The number of anilines is 1. The summed E-state index contributed by atoms with van der Waals surface area (Å²) in [5.41, 5.74) is 1.61. The van der Waals surface area contributed by atoms with Crippen LogP contribution in [-0.4, -0.2) is 40.0 Å². The molecule has 8 nitrogen and oxygen atoms in total. The highest BCUT2D eigenvalue weighted by Gasteiger charge is 2.27. The van der Waals surface area contributed by atoms with Gasteiger partial charge in [0.15, 0.2) is 0 Å². The third-order valence-electron chi connectivity index (χ3n) is 6.36. The van der Waals surface area contributed by atoms with Gasteiger partial charge in [-0.25, -0.2) is 4.79 Å². The van der Waals surface area contributed by atoms with Crippen molar-refractivity contribution >= 4 is 40.2 Å². The maximum absolute atomic E-state index is 13.1. The first kappa shape index (κ1) is 28.4. The summed E-state index contributed by atoms with van der Waals surface area (Å²) in [5, 5.41) is 26.2. The maximum Gasteiger partial charge on any atom is 0.335 e. The molecule has 2 amide bonds. The van der Waals surface area contributed by atoms with E-state index in [0.29, 0.717) is 31.4 Å². The highest BCUT2D eigenvalue weighted by molar-refractivity contribution is 5.98. The minimum Gasteiger partial charge on any atom is -0.481 e. The van der Waals surface area contributed by atoms with Crippen LogP contribution >= 0.6 is 0 Å². The Balaban J connectivity index is 1.64. The molecule has 0 aliphatic heterocycles. The topological polar surface area (TPSA) is 133 Å². The number of hydrogen-bond donors (Lipinski definition) is 4. The summed E-state index contributed by atoms with van der Waals surface area (Å²) in [6.45, 7) is 3.85. The van der Waals surface area contributed by atoms with Gasteiger partial charge in [-0.15, -0.1) is 0 Å². The highest BCUT2D eigenvalue weighted by atomic mass is 16.4. The van der Waals surface area contributed by atoms with Crippen LogP contribution < -0.4 is 10.6 Å². The molecule has 0 saturated heterocycles. The van der Waals surface area contributed by atoms with E-state index in [9.17, 15) is 24.3 Å². The molecule has 0 heterocycles. The molecule has 0 aromatic heterocycles. The van der Waals surface area contributed by atoms with Gasteiger partial charge in [-0.2, -0.15) is 0 Å². The zero-order valence-corrected chi connectivity index (χ0v) is 21.6. The van der Waals surface area contributed by atoms with Crippen LogP contribution in [0.25, 0.3) is 10.8 Å². The lowest BCUT2D eigenvalue weighted by atomic mass is 9.94. The van der Waals surface area contributed by atoms with Crippen LogP contribution in [0.4, 0.5) is 5.69 Å². The van der Waals surface area contributed by atoms with Crippen molar-refractivity contribution in [3.05, 3.63) is 77.9 Å². The molecule has 3 aromatic rings. The number of fused-ring (bicyclic) bond motifs is 1. The second-order valence-corrected chi connectivity index (χ2v) is 9.93. The molecule has 38 heavy (non-hydrogen) atoms. The summed E-state index contributed by atoms with van der Waals surface area (Å²) in [7, 11) is 0. The number of carbonyl (C=O) groups excluding carboxylic acids is 2. The molecular formula is C30H34N2O6. The number of carbonyl (C=O) groups is 4. The summed E-state index contributed by atoms with van der Waals surface area (Å²) < 4.78 is 0. The third kappa shape index (κ3) is 8.44. The predicted molar refractivity (Wildman–Crippen MR) is 146 cm³/mol. The largest absolute Gasteiger partial charge is 0.481 e. The maximum atomic E-state index is 13.1. The Hall–Kier alpha value is -4.20. The minimum absolute atomic E-state index is 0.0891. The second kappa shape index (κ2) is 13.4. The number of rotatable bonds is 13. The third-order valence-corrected chi connectivity index (χ3v) is 6.36. The van der Waals surface area contributed by atoms with Crippen molar-refractivity contribution in [2.75, 3.05) is 5.32 Å². The van der Waals surface area contributed by atoms with E-state index in [-0.39, 0.29) is 17.9 Å². The molecular weight excluding hydrogens is 484 g/mol. The Morgan fingerprint density at radius 3 is 2.16 bits per heavy atom. The Morgan fingerprint density at radius 2 is 1.53 bits per heavy atom. The average Bonchev–Trinajstić information content (AvgIpc) is 2.87. The summed E-state index contributed by atoms with van der Waals surface area (Å²) in [5.74, 6) is -3.73. The van der Waals surface area contributed by atoms with Gasteiger partial charge in [0.05, 0.1) is 12.0 Å². The first-order chi connectivity index (χ1) is 18.1. The fourth-order valence-electron chi connectivity index (χ4n) is 4.40. The van der Waals surface area contributed by atoms with Crippen LogP contribution in [-0.2, 0) is 20.8 Å². The fourth-order valence-corrected chi connectivity index (χ4v) is 4.40. The van der Waals surface area contributed by atoms with Gasteiger partial charge >= 0.3 is 11.9 Å². The summed E-state index contributed by atoms with van der Waals surface area (Å²) in [4.78, 5) is 48.7. The van der Waals surface area contributed by atoms with Crippen LogP contribution in [0.5, 0.6) is 0 Å². The van der Waals surface area contributed by atoms with E-state index in [2.05, 4.69) is 22.8 Å². The van der Waals surface area contributed by atoms with Crippen molar-refractivity contribution in [1.29, 1.82) is 0 Å². The fraction of sp³-hybridized carbons (Fsp3) is 0.333. The quantitative estimate of drug-likeness (QED) is 0.248. The molecule has 0 bridgehead atoms. The van der Waals surface area contributed by atoms with Gasteiger partial charge in [-0.05, 0) is 72.2 Å². The summed E-state index contributed by atoms with van der Waals surface area (Å²) in [6, 6.07) is 19.1. The SMILES string of the molecule is CC(C)CC(NC(=O)C(CCCc1ccc2ccccc2c1)CC(=O)O)C(=O)Nc1ccc(C(=O)O)cc1. The molecule has 8 heteroatoms. The summed E-state index contributed by atoms with van der Waals surface area (Å²) in [6.07, 6.45) is 1.74. The van der Waals surface area contributed by atoms with E-state index in [0.717, 1.165) is 16.3 Å². The zero-order chi connectivity index (χ0) is 27.7. The first-order valence-corrected chi connectivity index (χ1v) is 12.8. The van der Waals surface area contributed by atoms with Crippen molar-refractivity contribution in [2.24, 2.45) is 11.8 Å². The van der Waals surface area contributed by atoms with Gasteiger partial charge in [-0.3, -0.25) is 14.4 Å². The number of benzene rings is 3. The summed E-state index contributed by atoms with van der Waals surface area (Å²) >= 11 is 0. The van der Waals surface area contributed by atoms with Gasteiger partial charge in [0.1, 0.15) is 6.04 Å². The minimum atomic E-state index is -1.07. The van der Waals surface area contributed by atoms with E-state index in [1.165, 1.54) is 24.3 Å². The number of hydrogen-bond acceptors (Lipinski definition) is 4. The predicted octanol–water partition coefficient (Wildman–Crippen LogP) is 5.12. The second-order valence-electron chi connectivity index (χ2n) is 9.93. The van der Waals surface area contributed by atoms with Gasteiger partial charge in [0, 0.05) is 11.6 Å². The lowest BCUT2D eigenvalue weighted by Gasteiger charge is -2.23. The van der Waals surface area contributed by atoms with Gasteiger partial charge in [0.25, 0.3) is 0 Å². The van der Waals surface area contributed by atoms with Gasteiger partial charge < -0.3 is 20.8 Å². The van der Waals surface area contributed by atoms with Gasteiger partial charge in [-0.1, -0.05) is 56.3 Å². The van der Waals surface area contributed by atoms with Crippen LogP contribution in [0.2, 0.25) is 0 Å². The number of nitrogens with one attached hydrogen (secondary N) is 2. The van der Waals surface area contributed by atoms with Crippen molar-refractivity contribution < 1.29 is 29.4 Å². The molecule has 3 aromatic carbocycles. The van der Waals surface area contributed by atoms with E-state index in [1.807, 2.05) is 44.2 Å². The Labute approximate surface area is 222 Å². The lowest BCUT2D eigenvalue weighted by molar-refractivity contribution is -0.141. The standard InChI is InChI=1S/C30H34N2O6/c1-19(2)16-26(29(36)31-25-14-12-22(13-15-25)30(37)38)32-28(35)24(18-27(33)34)9-5-6-20-10-11-21-7-3-4-8-23(21)17-20/h3-4,7-8,10-15,17,19,24,26H,5-6,9,16,18H2,1-2H3,(H,31,36)(H,32,35)(H,33,34)(H,37,38). The Kier molecular flexibility index (Phi) is 9.99. The van der Waals surface area contributed by atoms with E-state index >= 15 is 0 Å². The number of aryl methyl sites for hydroxylation is 1. The van der Waals surface area contributed by atoms with Crippen molar-refractivity contribution in [1.82, 2.24) is 5.32 Å². The monoisotopic (exact) mass is 518 g/mol. The molecule has 4 N–H and O–H groups in total. The molecule has 0 aliphatic rings. The van der Waals surface area contributed by atoms with E-state index in [1.54, 1.807) is 0 Å². The molecule has 0 spiro atoms. The smallest absolute Gasteiger partial charge is 0.335 e. The van der Waals surface area contributed by atoms with Crippen molar-refractivity contribution in [3.63, 3.8) is 0 Å². The molecule has 2 atom stereocenters. The lowest BCUT2D eigenvalue weighted by Crippen LogP contribution is -2.47. The number of aliphatic carboxylic acids is 1. The molecule has 200 valence electrons. The van der Waals surface area contributed by atoms with Crippen LogP contribution in [0, 0.1) is 11.8 Å². The molecule has 0 radical (unpaired) electrons. The first-order valence-electron chi connectivity index (χ1n) is 12.8. The molecule has 0 fully saturated rings. The normalized spacial score (nSPS) is 12.6. The van der Waals surface area contributed by atoms with Gasteiger partial charge in [0.2, 0.25) is 11.8 Å². The van der Waals surface area contributed by atoms with Crippen LogP contribution in [0.1, 0.15) is 55.5 Å². The molecule has 0 aliphatic carbocycles. The molecule has 2 unspecified atom stereocenters. The number of carboxylic acid groups (broad SMARTS) is 2. The Morgan fingerprint density at radius 1 is 0.842 bits per heavy atom. The number of aromatic carboxylic acids is 1. The van der Waals surface area contributed by atoms with Crippen molar-refractivity contribution in [2.45, 2.75) is 52.0 Å². The van der Waals surface area contributed by atoms with Crippen molar-refractivity contribution in [3.8, 4) is 0 Å².